The zero-order valence-corrected chi connectivity index (χ0v) is 14.0. The van der Waals surface area contributed by atoms with Gasteiger partial charge in [-0.3, -0.25) is 4.79 Å². The van der Waals surface area contributed by atoms with Gasteiger partial charge in [-0.25, -0.2) is 4.39 Å². The molecule has 0 atom stereocenters. The molecule has 1 saturated heterocycles. The zero-order chi connectivity index (χ0) is 16.9. The van der Waals surface area contributed by atoms with Crippen LogP contribution < -0.4 is 4.90 Å². The summed E-state index contributed by atoms with van der Waals surface area (Å²) in [6, 6.07) is 13.5. The minimum absolute atomic E-state index is 0.0845. The van der Waals surface area contributed by atoms with Crippen molar-refractivity contribution in [2.75, 3.05) is 36.8 Å². The number of carbonyl (C=O) groups excluding carboxylic acids is 1. The predicted molar refractivity (Wildman–Crippen MR) is 94.0 cm³/mol. The summed E-state index contributed by atoms with van der Waals surface area (Å²) in [6.45, 7) is 2.47. The number of amides is 1. The largest absolute Gasteiger partial charge is 0.508 e. The monoisotopic (exact) mass is 346 g/mol. The molecule has 0 spiro atoms. The van der Waals surface area contributed by atoms with Gasteiger partial charge in [0.15, 0.2) is 0 Å². The average molecular weight is 346 g/mol. The Bertz CT molecular complexity index is 700. The van der Waals surface area contributed by atoms with Crippen molar-refractivity contribution in [2.24, 2.45) is 0 Å². The summed E-state index contributed by atoms with van der Waals surface area (Å²) >= 11 is 1.45. The normalized spacial score (nSPS) is 14.7. The molecule has 1 N–H and O–H groups in total. The van der Waals surface area contributed by atoms with Gasteiger partial charge in [0.2, 0.25) is 5.91 Å². The van der Waals surface area contributed by atoms with E-state index < -0.39 is 0 Å². The van der Waals surface area contributed by atoms with Crippen molar-refractivity contribution in [3.8, 4) is 5.75 Å². The molecule has 0 unspecified atom stereocenters. The topological polar surface area (TPSA) is 43.8 Å². The highest BCUT2D eigenvalue weighted by Gasteiger charge is 2.22. The summed E-state index contributed by atoms with van der Waals surface area (Å²) in [5, 5.41) is 9.26. The van der Waals surface area contributed by atoms with E-state index >= 15 is 0 Å². The van der Waals surface area contributed by atoms with Crippen LogP contribution in [0.5, 0.6) is 5.75 Å². The SMILES string of the molecule is O=C(CSc1ccc(O)cc1)N1CCN(c2ccccc2F)CC1. The number of carbonyl (C=O) groups is 1. The van der Waals surface area contributed by atoms with Gasteiger partial charge in [0.1, 0.15) is 11.6 Å². The lowest BCUT2D eigenvalue weighted by molar-refractivity contribution is -0.128. The number of nitrogens with zero attached hydrogens (tertiary/aromatic N) is 2. The summed E-state index contributed by atoms with van der Waals surface area (Å²) in [6.07, 6.45) is 0. The summed E-state index contributed by atoms with van der Waals surface area (Å²) in [5.41, 5.74) is 0.600. The molecule has 2 aromatic rings. The fourth-order valence-corrected chi connectivity index (χ4v) is 3.48. The number of aromatic hydroxyl groups is 1. The van der Waals surface area contributed by atoms with Crippen LogP contribution in [0.1, 0.15) is 0 Å². The molecule has 0 radical (unpaired) electrons. The van der Waals surface area contributed by atoms with Gasteiger partial charge in [-0.2, -0.15) is 0 Å². The number of halogens is 1. The van der Waals surface area contributed by atoms with E-state index in [4.69, 9.17) is 0 Å². The predicted octanol–water partition coefficient (Wildman–Crippen LogP) is 2.97. The first-order valence-corrected chi connectivity index (χ1v) is 8.81. The lowest BCUT2D eigenvalue weighted by Crippen LogP contribution is -2.49. The van der Waals surface area contributed by atoms with E-state index in [0.29, 0.717) is 37.6 Å². The third-order valence-electron chi connectivity index (χ3n) is 4.02. The fraction of sp³-hybridized carbons (Fsp3) is 0.278. The molecule has 126 valence electrons. The van der Waals surface area contributed by atoms with Gasteiger partial charge < -0.3 is 14.9 Å². The van der Waals surface area contributed by atoms with Crippen molar-refractivity contribution < 1.29 is 14.3 Å². The van der Waals surface area contributed by atoms with Crippen LogP contribution in [0, 0.1) is 5.82 Å². The molecule has 1 fully saturated rings. The van der Waals surface area contributed by atoms with Gasteiger partial charge in [-0.1, -0.05) is 12.1 Å². The Labute approximate surface area is 144 Å². The maximum absolute atomic E-state index is 13.8. The highest BCUT2D eigenvalue weighted by Crippen LogP contribution is 2.23. The van der Waals surface area contributed by atoms with Crippen LogP contribution >= 0.6 is 11.8 Å². The number of hydrogen-bond acceptors (Lipinski definition) is 4. The number of phenols is 1. The molecule has 24 heavy (non-hydrogen) atoms. The second kappa shape index (κ2) is 7.57. The molecular weight excluding hydrogens is 327 g/mol. The van der Waals surface area contributed by atoms with Gasteiger partial charge in [0.05, 0.1) is 11.4 Å². The maximum Gasteiger partial charge on any atom is 0.233 e. The molecule has 1 aliphatic rings. The smallest absolute Gasteiger partial charge is 0.233 e. The van der Waals surface area contributed by atoms with E-state index in [9.17, 15) is 14.3 Å². The molecule has 0 saturated carbocycles. The molecule has 0 aliphatic carbocycles. The summed E-state index contributed by atoms with van der Waals surface area (Å²) in [4.78, 5) is 17.1. The van der Waals surface area contributed by atoms with Crippen molar-refractivity contribution in [3.05, 3.63) is 54.3 Å². The number of rotatable bonds is 4. The highest BCUT2D eigenvalue weighted by molar-refractivity contribution is 8.00. The summed E-state index contributed by atoms with van der Waals surface area (Å²) in [7, 11) is 0. The van der Waals surface area contributed by atoms with Crippen LogP contribution in [-0.4, -0.2) is 47.8 Å². The molecule has 0 bridgehead atoms. The number of hydrogen-bond donors (Lipinski definition) is 1. The van der Waals surface area contributed by atoms with Gasteiger partial charge in [-0.15, -0.1) is 11.8 Å². The Balaban J connectivity index is 1.50. The van der Waals surface area contributed by atoms with E-state index in [1.54, 1.807) is 36.4 Å². The first kappa shape index (κ1) is 16.6. The minimum Gasteiger partial charge on any atom is -0.508 e. The Hall–Kier alpha value is -2.21. The standard InChI is InChI=1S/C18H19FN2O2S/c19-16-3-1-2-4-17(16)20-9-11-21(12-10-20)18(23)13-24-15-7-5-14(22)6-8-15/h1-8,22H,9-13H2. The quantitative estimate of drug-likeness (QED) is 0.865. The first-order chi connectivity index (χ1) is 11.6. The van der Waals surface area contributed by atoms with Crippen LogP contribution in [-0.2, 0) is 4.79 Å². The van der Waals surface area contributed by atoms with Gasteiger partial charge >= 0.3 is 0 Å². The highest BCUT2D eigenvalue weighted by atomic mass is 32.2. The molecule has 1 amide bonds. The maximum atomic E-state index is 13.8. The first-order valence-electron chi connectivity index (χ1n) is 7.82. The van der Waals surface area contributed by atoms with Crippen molar-refractivity contribution in [3.63, 3.8) is 0 Å². The van der Waals surface area contributed by atoms with Gasteiger partial charge in [0, 0.05) is 31.1 Å². The van der Waals surface area contributed by atoms with Crippen LogP contribution in [0.3, 0.4) is 0 Å². The van der Waals surface area contributed by atoms with E-state index in [0.717, 1.165) is 4.90 Å². The number of para-hydroxylation sites is 1. The van der Waals surface area contributed by atoms with Crippen LogP contribution in [0.25, 0.3) is 0 Å². The number of phenolic OH excluding ortho intramolecular Hbond substituents is 1. The van der Waals surface area contributed by atoms with Gasteiger partial charge in [0.25, 0.3) is 0 Å². The van der Waals surface area contributed by atoms with Gasteiger partial charge in [-0.05, 0) is 36.4 Å². The summed E-state index contributed by atoms with van der Waals surface area (Å²) < 4.78 is 13.8. The fourth-order valence-electron chi connectivity index (χ4n) is 2.68. The van der Waals surface area contributed by atoms with E-state index in [-0.39, 0.29) is 17.5 Å². The molecular formula is C18H19FN2O2S. The number of anilines is 1. The molecule has 0 aromatic heterocycles. The number of piperazine rings is 1. The zero-order valence-electron chi connectivity index (χ0n) is 13.2. The van der Waals surface area contributed by atoms with E-state index in [2.05, 4.69) is 0 Å². The van der Waals surface area contributed by atoms with Crippen LogP contribution in [0.4, 0.5) is 10.1 Å². The third-order valence-corrected chi connectivity index (χ3v) is 5.02. The third kappa shape index (κ3) is 4.00. The molecule has 2 aromatic carbocycles. The Morgan fingerprint density at radius 1 is 1.04 bits per heavy atom. The lowest BCUT2D eigenvalue weighted by atomic mass is 10.2. The second-order valence-corrected chi connectivity index (χ2v) is 6.65. The van der Waals surface area contributed by atoms with E-state index in [1.807, 2.05) is 15.9 Å². The molecule has 1 heterocycles. The average Bonchev–Trinajstić information content (AvgIpc) is 2.61. The molecule has 1 aliphatic heterocycles. The van der Waals surface area contributed by atoms with Crippen molar-refractivity contribution in [2.45, 2.75) is 4.90 Å². The van der Waals surface area contributed by atoms with Crippen molar-refractivity contribution in [1.82, 2.24) is 4.90 Å². The Kier molecular flexibility index (Phi) is 5.25. The molecule has 3 rings (SSSR count). The molecule has 6 heteroatoms. The van der Waals surface area contributed by atoms with E-state index in [1.165, 1.54) is 17.8 Å². The van der Waals surface area contributed by atoms with Crippen LogP contribution in [0.2, 0.25) is 0 Å². The minimum atomic E-state index is -0.222. The Morgan fingerprint density at radius 2 is 1.71 bits per heavy atom. The number of thioether (sulfide) groups is 1. The van der Waals surface area contributed by atoms with Crippen LogP contribution in [0.15, 0.2) is 53.4 Å². The summed E-state index contributed by atoms with van der Waals surface area (Å²) in [5.74, 6) is 0.446. The van der Waals surface area contributed by atoms with Crippen molar-refractivity contribution in [1.29, 1.82) is 0 Å². The van der Waals surface area contributed by atoms with Crippen molar-refractivity contribution >= 4 is 23.4 Å². The Morgan fingerprint density at radius 3 is 2.38 bits per heavy atom. The molecule has 4 nitrogen and oxygen atoms in total. The second-order valence-electron chi connectivity index (χ2n) is 5.60. The lowest BCUT2D eigenvalue weighted by Gasteiger charge is -2.36. The number of benzene rings is 2.